The lowest BCUT2D eigenvalue weighted by Gasteiger charge is -2.07. The van der Waals surface area contributed by atoms with Gasteiger partial charge in [0.05, 0.1) is 19.2 Å². The van der Waals surface area contributed by atoms with Gasteiger partial charge in [0.2, 0.25) is 11.7 Å². The molecule has 0 spiro atoms. The second kappa shape index (κ2) is 7.27. The van der Waals surface area contributed by atoms with Crippen molar-refractivity contribution in [2.75, 3.05) is 7.11 Å². The zero-order valence-electron chi connectivity index (χ0n) is 12.8. The van der Waals surface area contributed by atoms with Crippen molar-refractivity contribution in [2.24, 2.45) is 0 Å². The summed E-state index contributed by atoms with van der Waals surface area (Å²) in [7, 11) is 1.52. The Kier molecular flexibility index (Phi) is 4.90. The maximum Gasteiger partial charge on any atom is 0.255 e. The molecule has 0 atom stereocenters. The Morgan fingerprint density at radius 3 is 2.88 bits per heavy atom. The predicted molar refractivity (Wildman–Crippen MR) is 91.6 cm³/mol. The molecule has 7 heteroatoms. The van der Waals surface area contributed by atoms with Gasteiger partial charge in [-0.05, 0) is 24.3 Å². The first-order valence-corrected chi connectivity index (χ1v) is 7.96. The van der Waals surface area contributed by atoms with E-state index < -0.39 is 0 Å². The van der Waals surface area contributed by atoms with E-state index in [1.165, 1.54) is 7.11 Å². The molecule has 0 aliphatic heterocycles. The number of nitrogens with one attached hydrogen (secondary N) is 1. The number of hydrogen-bond acceptors (Lipinski definition) is 5. The van der Waals surface area contributed by atoms with Gasteiger partial charge in [0.1, 0.15) is 5.75 Å². The number of nitrogens with zero attached hydrogens (tertiary/aromatic N) is 2. The molecule has 6 nitrogen and oxygen atoms in total. The zero-order valence-corrected chi connectivity index (χ0v) is 14.4. The first-order chi connectivity index (χ1) is 11.7. The normalized spacial score (nSPS) is 10.4. The van der Waals surface area contributed by atoms with Gasteiger partial charge in [0.25, 0.3) is 5.91 Å². The smallest absolute Gasteiger partial charge is 0.255 e. The third kappa shape index (κ3) is 3.62. The first kappa shape index (κ1) is 16.2. The Hall–Kier alpha value is -2.67. The molecule has 1 amide bonds. The van der Waals surface area contributed by atoms with Gasteiger partial charge >= 0.3 is 0 Å². The minimum Gasteiger partial charge on any atom is -0.496 e. The molecule has 1 N–H and O–H groups in total. The Balaban J connectivity index is 1.68. The largest absolute Gasteiger partial charge is 0.496 e. The molecule has 3 rings (SSSR count). The van der Waals surface area contributed by atoms with Crippen molar-refractivity contribution in [3.05, 3.63) is 64.5 Å². The molecule has 3 aromatic rings. The Morgan fingerprint density at radius 1 is 1.25 bits per heavy atom. The highest BCUT2D eigenvalue weighted by Gasteiger charge is 2.13. The molecule has 2 aromatic carbocycles. The summed E-state index contributed by atoms with van der Waals surface area (Å²) in [5, 5.41) is 6.67. The molecule has 0 aliphatic carbocycles. The Labute approximate surface area is 147 Å². The molecule has 1 aromatic heterocycles. The first-order valence-electron chi connectivity index (χ1n) is 7.17. The predicted octanol–water partition coefficient (Wildman–Crippen LogP) is 3.44. The lowest BCUT2D eigenvalue weighted by atomic mass is 10.2. The van der Waals surface area contributed by atoms with Crippen LogP contribution in [0.2, 0.25) is 0 Å². The molecule has 0 aliphatic rings. The molecule has 122 valence electrons. The van der Waals surface area contributed by atoms with E-state index >= 15 is 0 Å². The molecule has 0 bridgehead atoms. The van der Waals surface area contributed by atoms with E-state index in [4.69, 9.17) is 9.26 Å². The third-order valence-corrected chi connectivity index (χ3v) is 3.80. The van der Waals surface area contributed by atoms with Gasteiger partial charge < -0.3 is 14.6 Å². The van der Waals surface area contributed by atoms with Crippen LogP contribution in [0.5, 0.6) is 5.75 Å². The lowest BCUT2D eigenvalue weighted by molar-refractivity contribution is 0.0943. The molecule has 1 heterocycles. The quantitative estimate of drug-likeness (QED) is 0.725. The molecule has 24 heavy (non-hydrogen) atoms. The number of benzene rings is 2. The van der Waals surface area contributed by atoms with Gasteiger partial charge in [0, 0.05) is 10.0 Å². The van der Waals surface area contributed by atoms with Gasteiger partial charge in [-0.3, -0.25) is 4.79 Å². The summed E-state index contributed by atoms with van der Waals surface area (Å²) in [6, 6.07) is 14.6. The van der Waals surface area contributed by atoms with E-state index in [0.717, 1.165) is 10.0 Å². The van der Waals surface area contributed by atoms with E-state index in [-0.39, 0.29) is 12.5 Å². The van der Waals surface area contributed by atoms with Crippen LogP contribution in [0.15, 0.2) is 57.5 Å². The monoisotopic (exact) mass is 387 g/mol. The number of aromatic nitrogens is 2. The van der Waals surface area contributed by atoms with Crippen LogP contribution in [0.4, 0.5) is 0 Å². The maximum absolute atomic E-state index is 12.2. The number of para-hydroxylation sites is 1. The van der Waals surface area contributed by atoms with Gasteiger partial charge in [-0.25, -0.2) is 0 Å². The number of carbonyl (C=O) groups is 1. The highest BCUT2D eigenvalue weighted by molar-refractivity contribution is 9.10. The number of hydrogen-bond donors (Lipinski definition) is 1. The van der Waals surface area contributed by atoms with Crippen molar-refractivity contribution in [1.29, 1.82) is 0 Å². The van der Waals surface area contributed by atoms with Crippen molar-refractivity contribution >= 4 is 21.8 Å². The summed E-state index contributed by atoms with van der Waals surface area (Å²) in [4.78, 5) is 16.5. The summed E-state index contributed by atoms with van der Waals surface area (Å²) < 4.78 is 11.3. The van der Waals surface area contributed by atoms with Crippen LogP contribution in [0, 0.1) is 0 Å². The SMILES string of the molecule is COc1ccccc1C(=O)NCc1nc(-c2cccc(Br)c2)no1. The molecule has 0 saturated carbocycles. The van der Waals surface area contributed by atoms with Crippen LogP contribution in [0.1, 0.15) is 16.2 Å². The number of carbonyl (C=O) groups excluding carboxylic acids is 1. The minimum atomic E-state index is -0.269. The summed E-state index contributed by atoms with van der Waals surface area (Å²) >= 11 is 3.40. The Bertz CT molecular complexity index is 864. The van der Waals surface area contributed by atoms with E-state index in [2.05, 4.69) is 31.4 Å². The van der Waals surface area contributed by atoms with Crippen molar-refractivity contribution in [2.45, 2.75) is 6.54 Å². The van der Waals surface area contributed by atoms with E-state index in [1.807, 2.05) is 24.3 Å². The average Bonchev–Trinajstić information content (AvgIpc) is 3.08. The lowest BCUT2D eigenvalue weighted by Crippen LogP contribution is -2.23. The number of methoxy groups -OCH3 is 1. The molecule has 0 saturated heterocycles. The fraction of sp³-hybridized carbons (Fsp3) is 0.118. The average molecular weight is 388 g/mol. The van der Waals surface area contributed by atoms with E-state index in [0.29, 0.717) is 23.0 Å². The number of amides is 1. The van der Waals surface area contributed by atoms with Crippen LogP contribution in [0.25, 0.3) is 11.4 Å². The van der Waals surface area contributed by atoms with E-state index in [9.17, 15) is 4.79 Å². The molecular weight excluding hydrogens is 374 g/mol. The highest BCUT2D eigenvalue weighted by Crippen LogP contribution is 2.20. The second-order valence-electron chi connectivity index (χ2n) is 4.91. The fourth-order valence-electron chi connectivity index (χ4n) is 2.15. The van der Waals surface area contributed by atoms with Gasteiger partial charge in [-0.2, -0.15) is 4.98 Å². The topological polar surface area (TPSA) is 77.2 Å². The van der Waals surface area contributed by atoms with Gasteiger partial charge in [-0.1, -0.05) is 45.4 Å². The second-order valence-corrected chi connectivity index (χ2v) is 5.82. The summed E-state index contributed by atoms with van der Waals surface area (Å²) in [6.45, 7) is 0.137. The van der Waals surface area contributed by atoms with E-state index in [1.54, 1.807) is 24.3 Å². The van der Waals surface area contributed by atoms with Crippen LogP contribution in [-0.2, 0) is 6.54 Å². The van der Waals surface area contributed by atoms with Crippen LogP contribution in [0.3, 0.4) is 0 Å². The van der Waals surface area contributed by atoms with Gasteiger partial charge in [-0.15, -0.1) is 0 Å². The van der Waals surface area contributed by atoms with Crippen molar-refractivity contribution in [3.8, 4) is 17.1 Å². The standard InChI is InChI=1S/C17H14BrN3O3/c1-23-14-8-3-2-7-13(14)17(22)19-10-15-20-16(21-24-15)11-5-4-6-12(18)9-11/h2-9H,10H2,1H3,(H,19,22). The third-order valence-electron chi connectivity index (χ3n) is 3.30. The van der Waals surface area contributed by atoms with Crippen LogP contribution in [-0.4, -0.2) is 23.2 Å². The molecular formula is C17H14BrN3O3. The summed E-state index contributed by atoms with van der Waals surface area (Å²) in [5.74, 6) is 1.04. The zero-order chi connectivity index (χ0) is 16.9. The number of rotatable bonds is 5. The summed E-state index contributed by atoms with van der Waals surface area (Å²) in [6.07, 6.45) is 0. The molecule has 0 fully saturated rings. The van der Waals surface area contributed by atoms with Crippen molar-refractivity contribution in [1.82, 2.24) is 15.5 Å². The molecule has 0 radical (unpaired) electrons. The molecule has 0 unspecified atom stereocenters. The van der Waals surface area contributed by atoms with Crippen molar-refractivity contribution < 1.29 is 14.1 Å². The fourth-order valence-corrected chi connectivity index (χ4v) is 2.55. The number of halogens is 1. The van der Waals surface area contributed by atoms with Crippen LogP contribution >= 0.6 is 15.9 Å². The maximum atomic E-state index is 12.2. The Morgan fingerprint density at radius 2 is 2.08 bits per heavy atom. The van der Waals surface area contributed by atoms with Crippen LogP contribution < -0.4 is 10.1 Å². The minimum absolute atomic E-state index is 0.137. The highest BCUT2D eigenvalue weighted by atomic mass is 79.9. The van der Waals surface area contributed by atoms with Gasteiger partial charge in [0.15, 0.2) is 0 Å². The van der Waals surface area contributed by atoms with Crippen molar-refractivity contribution in [3.63, 3.8) is 0 Å². The number of ether oxygens (including phenoxy) is 1. The summed E-state index contributed by atoms with van der Waals surface area (Å²) in [5.41, 5.74) is 1.28.